The van der Waals surface area contributed by atoms with Gasteiger partial charge in [-0.3, -0.25) is 4.79 Å². The Morgan fingerprint density at radius 2 is 2.14 bits per heavy atom. The Labute approximate surface area is 134 Å². The number of carbonyl (C=O) groups excluding carboxylic acids is 1. The molecule has 1 N–H and O–H groups in total. The number of benzene rings is 2. The standard InChI is InChI=1S/C17H17ClN2O2/c1-19-17(21)16-11-20(10-12-5-4-6-13(18)9-12)14-7-2-3-8-15(14)22-16/h2-9,16H,10-11H2,1H3,(H,19,21)/t16-/m0/s1. The molecule has 5 heteroatoms. The Bertz CT molecular complexity index is 690. The quantitative estimate of drug-likeness (QED) is 0.946. The normalized spacial score (nSPS) is 16.6. The SMILES string of the molecule is CNC(=O)[C@@H]1CN(Cc2cccc(Cl)c2)c2ccccc2O1. The van der Waals surface area contributed by atoms with Crippen molar-refractivity contribution in [2.45, 2.75) is 12.6 Å². The molecule has 0 aromatic heterocycles. The van der Waals surface area contributed by atoms with Crippen LogP contribution in [0.4, 0.5) is 5.69 Å². The molecular weight excluding hydrogens is 300 g/mol. The zero-order valence-electron chi connectivity index (χ0n) is 12.3. The molecule has 0 saturated carbocycles. The molecule has 1 heterocycles. The summed E-state index contributed by atoms with van der Waals surface area (Å²) in [6, 6.07) is 15.5. The molecule has 0 bridgehead atoms. The second-order valence-corrected chi connectivity index (χ2v) is 5.64. The van der Waals surface area contributed by atoms with Crippen molar-refractivity contribution in [3.05, 3.63) is 59.1 Å². The van der Waals surface area contributed by atoms with Crippen molar-refractivity contribution >= 4 is 23.2 Å². The highest BCUT2D eigenvalue weighted by Crippen LogP contribution is 2.34. The Morgan fingerprint density at radius 1 is 1.32 bits per heavy atom. The second kappa shape index (κ2) is 6.28. The van der Waals surface area contributed by atoms with Crippen LogP contribution in [0.25, 0.3) is 0 Å². The number of carbonyl (C=O) groups is 1. The highest BCUT2D eigenvalue weighted by Gasteiger charge is 2.29. The van der Waals surface area contributed by atoms with E-state index in [0.717, 1.165) is 17.0 Å². The zero-order chi connectivity index (χ0) is 15.5. The van der Waals surface area contributed by atoms with Gasteiger partial charge in [-0.1, -0.05) is 35.9 Å². The van der Waals surface area contributed by atoms with Crippen LogP contribution in [0.5, 0.6) is 5.75 Å². The molecular formula is C17H17ClN2O2. The number of amides is 1. The van der Waals surface area contributed by atoms with Gasteiger partial charge in [0.1, 0.15) is 5.75 Å². The van der Waals surface area contributed by atoms with Crippen LogP contribution >= 0.6 is 11.6 Å². The first-order chi connectivity index (χ1) is 10.7. The van der Waals surface area contributed by atoms with Gasteiger partial charge in [-0.25, -0.2) is 0 Å². The molecule has 0 unspecified atom stereocenters. The van der Waals surface area contributed by atoms with Gasteiger partial charge in [0.05, 0.1) is 12.2 Å². The van der Waals surface area contributed by atoms with E-state index in [1.165, 1.54) is 0 Å². The third kappa shape index (κ3) is 3.02. The van der Waals surface area contributed by atoms with Crippen molar-refractivity contribution in [2.24, 2.45) is 0 Å². The molecule has 0 saturated heterocycles. The van der Waals surface area contributed by atoms with E-state index < -0.39 is 6.10 Å². The summed E-state index contributed by atoms with van der Waals surface area (Å²) >= 11 is 6.06. The molecule has 0 spiro atoms. The van der Waals surface area contributed by atoms with E-state index in [1.807, 2.05) is 48.5 Å². The number of hydrogen-bond donors (Lipinski definition) is 1. The van der Waals surface area contributed by atoms with Crippen LogP contribution in [0.1, 0.15) is 5.56 Å². The summed E-state index contributed by atoms with van der Waals surface area (Å²) < 4.78 is 5.80. The topological polar surface area (TPSA) is 41.6 Å². The maximum absolute atomic E-state index is 11.9. The number of nitrogens with zero attached hydrogens (tertiary/aromatic N) is 1. The summed E-state index contributed by atoms with van der Waals surface area (Å²) in [7, 11) is 1.62. The van der Waals surface area contributed by atoms with Crippen LogP contribution in [0.3, 0.4) is 0 Å². The summed E-state index contributed by atoms with van der Waals surface area (Å²) in [4.78, 5) is 14.1. The van der Waals surface area contributed by atoms with Crippen LogP contribution in [0.15, 0.2) is 48.5 Å². The van der Waals surface area contributed by atoms with Crippen molar-refractivity contribution in [3.63, 3.8) is 0 Å². The number of halogens is 1. The molecule has 0 radical (unpaired) electrons. The summed E-state index contributed by atoms with van der Waals surface area (Å²) in [6.07, 6.45) is -0.515. The van der Waals surface area contributed by atoms with Gasteiger partial charge < -0.3 is 15.0 Å². The predicted octanol–water partition coefficient (Wildman–Crippen LogP) is 2.85. The van der Waals surface area contributed by atoms with E-state index in [0.29, 0.717) is 18.1 Å². The first-order valence-electron chi connectivity index (χ1n) is 7.14. The van der Waals surface area contributed by atoms with Gasteiger partial charge in [-0.2, -0.15) is 0 Å². The van der Waals surface area contributed by atoms with Crippen LogP contribution < -0.4 is 15.0 Å². The number of para-hydroxylation sites is 2. The molecule has 22 heavy (non-hydrogen) atoms. The van der Waals surface area contributed by atoms with Crippen LogP contribution in [-0.4, -0.2) is 25.6 Å². The van der Waals surface area contributed by atoms with Gasteiger partial charge in [-0.15, -0.1) is 0 Å². The van der Waals surface area contributed by atoms with Crippen molar-refractivity contribution in [1.82, 2.24) is 5.32 Å². The summed E-state index contributed by atoms with van der Waals surface area (Å²) in [5, 5.41) is 3.36. The maximum atomic E-state index is 11.9. The van der Waals surface area contributed by atoms with E-state index in [4.69, 9.17) is 16.3 Å². The third-order valence-electron chi connectivity index (χ3n) is 3.66. The minimum Gasteiger partial charge on any atom is -0.477 e. The van der Waals surface area contributed by atoms with E-state index in [1.54, 1.807) is 7.05 Å². The number of nitrogens with one attached hydrogen (secondary N) is 1. The first-order valence-corrected chi connectivity index (χ1v) is 7.52. The molecule has 114 valence electrons. The average molecular weight is 317 g/mol. The van der Waals surface area contributed by atoms with Crippen molar-refractivity contribution < 1.29 is 9.53 Å². The Hall–Kier alpha value is -2.20. The lowest BCUT2D eigenvalue weighted by atomic mass is 10.1. The predicted molar refractivity (Wildman–Crippen MR) is 87.4 cm³/mol. The van der Waals surface area contributed by atoms with E-state index in [2.05, 4.69) is 10.2 Å². The van der Waals surface area contributed by atoms with Gasteiger partial charge in [0, 0.05) is 18.6 Å². The van der Waals surface area contributed by atoms with Crippen LogP contribution in [0, 0.1) is 0 Å². The number of fused-ring (bicyclic) bond motifs is 1. The van der Waals surface area contributed by atoms with Gasteiger partial charge in [0.15, 0.2) is 6.10 Å². The molecule has 2 aromatic carbocycles. The van der Waals surface area contributed by atoms with Crippen molar-refractivity contribution in [1.29, 1.82) is 0 Å². The second-order valence-electron chi connectivity index (χ2n) is 5.20. The molecule has 2 aromatic rings. The largest absolute Gasteiger partial charge is 0.477 e. The molecule has 4 nitrogen and oxygen atoms in total. The van der Waals surface area contributed by atoms with Gasteiger partial charge in [0.25, 0.3) is 5.91 Å². The van der Waals surface area contributed by atoms with Gasteiger partial charge in [-0.05, 0) is 29.8 Å². The Kier molecular flexibility index (Phi) is 4.20. The minimum atomic E-state index is -0.515. The number of rotatable bonds is 3. The highest BCUT2D eigenvalue weighted by molar-refractivity contribution is 6.30. The lowest BCUT2D eigenvalue weighted by Crippen LogP contribution is -2.47. The molecule has 0 fully saturated rings. The number of ether oxygens (including phenoxy) is 1. The van der Waals surface area contributed by atoms with Crippen LogP contribution in [0.2, 0.25) is 5.02 Å². The van der Waals surface area contributed by atoms with Crippen LogP contribution in [-0.2, 0) is 11.3 Å². The number of hydrogen-bond acceptors (Lipinski definition) is 3. The summed E-state index contributed by atoms with van der Waals surface area (Å²) in [5.41, 5.74) is 2.09. The molecule has 1 aliphatic heterocycles. The average Bonchev–Trinajstić information content (AvgIpc) is 2.54. The highest BCUT2D eigenvalue weighted by atomic mass is 35.5. The third-order valence-corrected chi connectivity index (χ3v) is 3.90. The molecule has 1 aliphatic rings. The minimum absolute atomic E-state index is 0.120. The van der Waals surface area contributed by atoms with E-state index in [-0.39, 0.29) is 5.91 Å². The fourth-order valence-corrected chi connectivity index (χ4v) is 2.82. The molecule has 3 rings (SSSR count). The summed E-state index contributed by atoms with van der Waals surface area (Å²) in [6.45, 7) is 1.18. The van der Waals surface area contributed by atoms with Gasteiger partial charge >= 0.3 is 0 Å². The smallest absolute Gasteiger partial charge is 0.262 e. The van der Waals surface area contributed by atoms with E-state index >= 15 is 0 Å². The van der Waals surface area contributed by atoms with Gasteiger partial charge in [0.2, 0.25) is 0 Å². The Morgan fingerprint density at radius 3 is 2.91 bits per heavy atom. The lowest BCUT2D eigenvalue weighted by Gasteiger charge is -2.35. The zero-order valence-corrected chi connectivity index (χ0v) is 13.0. The first kappa shape index (κ1) is 14.7. The Balaban J connectivity index is 1.89. The molecule has 0 aliphatic carbocycles. The monoisotopic (exact) mass is 316 g/mol. The molecule has 1 amide bonds. The fraction of sp³-hybridized carbons (Fsp3) is 0.235. The van der Waals surface area contributed by atoms with Crippen molar-refractivity contribution in [2.75, 3.05) is 18.5 Å². The number of anilines is 1. The summed E-state index contributed by atoms with van der Waals surface area (Å²) in [5.74, 6) is 0.606. The fourth-order valence-electron chi connectivity index (χ4n) is 2.61. The lowest BCUT2D eigenvalue weighted by molar-refractivity contribution is -0.127. The maximum Gasteiger partial charge on any atom is 0.262 e. The number of likely N-dealkylation sites (N-methyl/N-ethyl adjacent to an activating group) is 1. The van der Waals surface area contributed by atoms with E-state index in [9.17, 15) is 4.79 Å². The molecule has 1 atom stereocenters. The van der Waals surface area contributed by atoms with Crippen molar-refractivity contribution in [3.8, 4) is 5.75 Å².